The Kier molecular flexibility index (Phi) is 6.05. The smallest absolute Gasteiger partial charge is 0.233 e. The van der Waals surface area contributed by atoms with Gasteiger partial charge in [0.2, 0.25) is 5.91 Å². The summed E-state index contributed by atoms with van der Waals surface area (Å²) in [5.74, 6) is 1.21. The van der Waals surface area contributed by atoms with Crippen LogP contribution in [0.25, 0.3) is 17.1 Å². The number of amides is 1. The molecular formula is C24H23N5OS2. The average molecular weight is 462 g/mol. The quantitative estimate of drug-likeness (QED) is 0.392. The molecular weight excluding hydrogens is 438 g/mol. The minimum Gasteiger partial charge on any atom is -0.337 e. The molecule has 0 spiro atoms. The Morgan fingerprint density at radius 2 is 1.91 bits per heavy atom. The number of thiophene rings is 1. The Morgan fingerprint density at radius 1 is 1.09 bits per heavy atom. The monoisotopic (exact) mass is 461 g/mol. The molecule has 1 aliphatic heterocycles. The molecule has 0 bridgehead atoms. The van der Waals surface area contributed by atoms with Crippen molar-refractivity contribution in [2.75, 3.05) is 12.3 Å². The van der Waals surface area contributed by atoms with E-state index in [9.17, 15) is 4.79 Å². The van der Waals surface area contributed by atoms with E-state index in [0.717, 1.165) is 36.5 Å². The molecule has 4 heterocycles. The molecule has 6 nitrogen and oxygen atoms in total. The number of carbonyl (C=O) groups excluding carboxylic acids is 1. The van der Waals surface area contributed by atoms with Gasteiger partial charge in [0.1, 0.15) is 0 Å². The summed E-state index contributed by atoms with van der Waals surface area (Å²) < 4.78 is 2.03. The summed E-state index contributed by atoms with van der Waals surface area (Å²) in [6.45, 7) is 3.62. The van der Waals surface area contributed by atoms with E-state index >= 15 is 0 Å². The Bertz CT molecular complexity index is 1220. The van der Waals surface area contributed by atoms with E-state index < -0.39 is 0 Å². The zero-order valence-electron chi connectivity index (χ0n) is 17.8. The highest BCUT2D eigenvalue weighted by Crippen LogP contribution is 2.29. The van der Waals surface area contributed by atoms with E-state index in [1.807, 2.05) is 21.6 Å². The van der Waals surface area contributed by atoms with E-state index in [4.69, 9.17) is 0 Å². The van der Waals surface area contributed by atoms with Crippen molar-refractivity contribution in [1.29, 1.82) is 0 Å². The number of carbonyl (C=O) groups is 1. The molecule has 0 saturated carbocycles. The average Bonchev–Trinajstić information content (AvgIpc) is 3.49. The summed E-state index contributed by atoms with van der Waals surface area (Å²) in [6, 6.07) is 14.4. The van der Waals surface area contributed by atoms with Crippen molar-refractivity contribution in [2.45, 2.75) is 31.5 Å². The van der Waals surface area contributed by atoms with Gasteiger partial charge in [-0.25, -0.2) is 0 Å². The summed E-state index contributed by atoms with van der Waals surface area (Å²) in [7, 11) is 0. The number of nitrogens with zero attached hydrogens (tertiary/aromatic N) is 5. The summed E-state index contributed by atoms with van der Waals surface area (Å²) in [5, 5.41) is 11.7. The molecule has 0 fully saturated rings. The molecule has 0 saturated heterocycles. The van der Waals surface area contributed by atoms with Gasteiger partial charge in [0.25, 0.3) is 0 Å². The van der Waals surface area contributed by atoms with E-state index in [2.05, 4.69) is 57.8 Å². The third-order valence-corrected chi connectivity index (χ3v) is 7.60. The molecule has 4 aromatic rings. The molecule has 5 rings (SSSR count). The van der Waals surface area contributed by atoms with Gasteiger partial charge in [0, 0.05) is 41.6 Å². The highest BCUT2D eigenvalue weighted by molar-refractivity contribution is 7.99. The van der Waals surface area contributed by atoms with Crippen molar-refractivity contribution in [3.05, 3.63) is 76.2 Å². The van der Waals surface area contributed by atoms with Crippen LogP contribution in [0.4, 0.5) is 0 Å². The number of aryl methyl sites for hydroxylation is 1. The second-order valence-electron chi connectivity index (χ2n) is 7.62. The van der Waals surface area contributed by atoms with Crippen molar-refractivity contribution in [3.8, 4) is 17.1 Å². The first-order valence-corrected chi connectivity index (χ1v) is 12.5. The van der Waals surface area contributed by atoms with Crippen LogP contribution in [-0.2, 0) is 24.2 Å². The van der Waals surface area contributed by atoms with Crippen LogP contribution in [0.3, 0.4) is 0 Å². The lowest BCUT2D eigenvalue weighted by Gasteiger charge is -2.26. The Balaban J connectivity index is 1.40. The van der Waals surface area contributed by atoms with Crippen LogP contribution in [0.15, 0.2) is 65.4 Å². The van der Waals surface area contributed by atoms with Gasteiger partial charge in [0.05, 0.1) is 5.75 Å². The molecule has 0 aliphatic carbocycles. The predicted molar refractivity (Wildman–Crippen MR) is 128 cm³/mol. The summed E-state index contributed by atoms with van der Waals surface area (Å²) in [4.78, 5) is 20.4. The van der Waals surface area contributed by atoms with Gasteiger partial charge in [-0.2, -0.15) is 0 Å². The molecule has 8 heteroatoms. The zero-order valence-corrected chi connectivity index (χ0v) is 19.4. The van der Waals surface area contributed by atoms with Crippen LogP contribution in [0.5, 0.6) is 0 Å². The first-order valence-electron chi connectivity index (χ1n) is 10.6. The molecule has 0 radical (unpaired) electrons. The fourth-order valence-corrected chi connectivity index (χ4v) is 5.59. The number of thioether (sulfide) groups is 1. The number of rotatable bonds is 6. The lowest BCUT2D eigenvalue weighted by atomic mass is 10.1. The Labute approximate surface area is 195 Å². The van der Waals surface area contributed by atoms with Gasteiger partial charge in [-0.05, 0) is 59.7 Å². The predicted octanol–water partition coefficient (Wildman–Crippen LogP) is 4.63. The largest absolute Gasteiger partial charge is 0.337 e. The van der Waals surface area contributed by atoms with Crippen LogP contribution in [0.2, 0.25) is 0 Å². The van der Waals surface area contributed by atoms with Gasteiger partial charge < -0.3 is 4.90 Å². The third-order valence-electron chi connectivity index (χ3n) is 5.66. The van der Waals surface area contributed by atoms with Gasteiger partial charge in [0.15, 0.2) is 11.0 Å². The van der Waals surface area contributed by atoms with E-state index in [1.165, 1.54) is 27.8 Å². The highest BCUT2D eigenvalue weighted by atomic mass is 32.2. The molecule has 32 heavy (non-hydrogen) atoms. The van der Waals surface area contributed by atoms with Crippen LogP contribution in [0.1, 0.15) is 22.9 Å². The molecule has 1 aliphatic rings. The minimum atomic E-state index is 0.133. The number of fused-ring (bicyclic) bond motifs is 1. The first kappa shape index (κ1) is 20.9. The normalized spacial score (nSPS) is 13.2. The molecule has 0 atom stereocenters. The maximum atomic E-state index is 13.0. The maximum absolute atomic E-state index is 13.0. The van der Waals surface area contributed by atoms with E-state index in [1.54, 1.807) is 23.7 Å². The van der Waals surface area contributed by atoms with Gasteiger partial charge in [-0.1, -0.05) is 30.8 Å². The highest BCUT2D eigenvalue weighted by Gasteiger charge is 2.23. The number of aromatic nitrogens is 4. The van der Waals surface area contributed by atoms with Crippen molar-refractivity contribution >= 4 is 29.0 Å². The van der Waals surface area contributed by atoms with Gasteiger partial charge in [-0.15, -0.1) is 21.5 Å². The van der Waals surface area contributed by atoms with Gasteiger partial charge in [-0.3, -0.25) is 14.3 Å². The second-order valence-corrected chi connectivity index (χ2v) is 9.56. The standard InChI is InChI=1S/C24H23N5OS2/c1-2-17-3-5-20(6-4-17)29-23(18-7-11-25-12-8-18)26-27-24(29)32-16-22(30)28-13-9-21-19(15-28)10-14-31-21/h3-8,10-12,14H,2,9,13,15-16H2,1H3. The lowest BCUT2D eigenvalue weighted by molar-refractivity contribution is -0.129. The van der Waals surface area contributed by atoms with E-state index in [-0.39, 0.29) is 5.91 Å². The molecule has 1 amide bonds. The zero-order chi connectivity index (χ0) is 21.9. The maximum Gasteiger partial charge on any atom is 0.233 e. The van der Waals surface area contributed by atoms with Crippen LogP contribution >= 0.6 is 23.1 Å². The summed E-state index contributed by atoms with van der Waals surface area (Å²) in [6.07, 6.45) is 5.42. The summed E-state index contributed by atoms with van der Waals surface area (Å²) >= 11 is 3.22. The van der Waals surface area contributed by atoms with Crippen molar-refractivity contribution < 1.29 is 4.79 Å². The molecule has 0 N–H and O–H groups in total. The molecule has 3 aromatic heterocycles. The number of hydrogen-bond donors (Lipinski definition) is 0. The van der Waals surface area contributed by atoms with Crippen LogP contribution in [-0.4, -0.2) is 42.9 Å². The fourth-order valence-electron chi connectivity index (χ4n) is 3.84. The molecule has 0 unspecified atom stereocenters. The van der Waals surface area contributed by atoms with E-state index in [0.29, 0.717) is 17.5 Å². The van der Waals surface area contributed by atoms with Crippen LogP contribution < -0.4 is 0 Å². The number of pyridine rings is 1. The minimum absolute atomic E-state index is 0.133. The third kappa shape index (κ3) is 4.20. The fraction of sp³-hybridized carbons (Fsp3) is 0.250. The Morgan fingerprint density at radius 3 is 2.69 bits per heavy atom. The topological polar surface area (TPSA) is 63.9 Å². The van der Waals surface area contributed by atoms with Crippen molar-refractivity contribution in [3.63, 3.8) is 0 Å². The second kappa shape index (κ2) is 9.26. The number of hydrogen-bond acceptors (Lipinski definition) is 6. The lowest BCUT2D eigenvalue weighted by Crippen LogP contribution is -2.36. The SMILES string of the molecule is CCc1ccc(-n2c(SCC(=O)N3CCc4sccc4C3)nnc2-c2ccncc2)cc1. The van der Waals surface area contributed by atoms with Gasteiger partial charge >= 0.3 is 0 Å². The first-order chi connectivity index (χ1) is 15.7. The van der Waals surface area contributed by atoms with Crippen LogP contribution in [0, 0.1) is 0 Å². The van der Waals surface area contributed by atoms with Crippen molar-refractivity contribution in [2.24, 2.45) is 0 Å². The molecule has 162 valence electrons. The van der Waals surface area contributed by atoms with Crippen molar-refractivity contribution in [1.82, 2.24) is 24.6 Å². The molecule has 1 aromatic carbocycles. The Hall–Kier alpha value is -2.97. The number of benzene rings is 1. The summed E-state index contributed by atoms with van der Waals surface area (Å²) in [5.41, 5.74) is 4.47.